The van der Waals surface area contributed by atoms with Gasteiger partial charge >= 0.3 is 0 Å². The molecule has 0 bridgehead atoms. The molecule has 0 atom stereocenters. The first-order chi connectivity index (χ1) is 9.03. The average molecular weight is 276 g/mol. The van der Waals surface area contributed by atoms with Crippen molar-refractivity contribution >= 4 is 11.4 Å². The van der Waals surface area contributed by atoms with E-state index in [9.17, 15) is 8.78 Å². The molecule has 0 saturated heterocycles. The van der Waals surface area contributed by atoms with E-state index < -0.39 is 13.0 Å². The molecule has 7 heteroatoms. The van der Waals surface area contributed by atoms with E-state index in [0.717, 1.165) is 0 Å². The van der Waals surface area contributed by atoms with Gasteiger partial charge < -0.3 is 25.2 Å². The van der Waals surface area contributed by atoms with Gasteiger partial charge in [0.2, 0.25) is 0 Å². The normalized spacial score (nSPS) is 10.6. The first kappa shape index (κ1) is 15.3. The number of aliphatic hydroxyl groups is 1. The van der Waals surface area contributed by atoms with Gasteiger partial charge in [-0.25, -0.2) is 8.78 Å². The minimum Gasteiger partial charge on any atom is -0.493 e. The van der Waals surface area contributed by atoms with Gasteiger partial charge in [0.25, 0.3) is 6.43 Å². The highest BCUT2D eigenvalue weighted by atomic mass is 19.3. The van der Waals surface area contributed by atoms with E-state index in [1.165, 1.54) is 31.3 Å². The molecule has 0 aliphatic carbocycles. The third-order valence-corrected chi connectivity index (χ3v) is 2.60. The number of nitrogens with two attached hydrogens (primary N) is 1. The van der Waals surface area contributed by atoms with Crippen LogP contribution in [0.4, 0.5) is 20.2 Å². The van der Waals surface area contributed by atoms with Crippen molar-refractivity contribution in [1.82, 2.24) is 0 Å². The van der Waals surface area contributed by atoms with E-state index >= 15 is 0 Å². The van der Waals surface area contributed by atoms with Crippen LogP contribution in [0.2, 0.25) is 0 Å². The quantitative estimate of drug-likeness (QED) is 0.736. The molecule has 0 saturated carbocycles. The minimum atomic E-state index is -2.53. The molecule has 19 heavy (non-hydrogen) atoms. The van der Waals surface area contributed by atoms with E-state index in [4.69, 9.17) is 20.3 Å². The molecule has 0 amide bonds. The van der Waals surface area contributed by atoms with Crippen LogP contribution in [0.25, 0.3) is 0 Å². The van der Waals surface area contributed by atoms with E-state index in [1.54, 1.807) is 0 Å². The summed E-state index contributed by atoms with van der Waals surface area (Å²) in [6.07, 6.45) is -2.53. The smallest absolute Gasteiger partial charge is 0.255 e. The van der Waals surface area contributed by atoms with Gasteiger partial charge in [0.15, 0.2) is 11.5 Å². The molecule has 108 valence electrons. The van der Waals surface area contributed by atoms with E-state index in [1.807, 2.05) is 0 Å². The molecule has 5 nitrogen and oxygen atoms in total. The molecule has 0 heterocycles. The second kappa shape index (κ2) is 6.98. The number of rotatable bonds is 7. The topological polar surface area (TPSA) is 68.0 Å². The second-order valence-electron chi connectivity index (χ2n) is 3.83. The minimum absolute atomic E-state index is 0.0595. The summed E-state index contributed by atoms with van der Waals surface area (Å²) in [5.74, 6) is 0.814. The first-order valence-corrected chi connectivity index (χ1v) is 5.69. The maximum Gasteiger partial charge on any atom is 0.255 e. The van der Waals surface area contributed by atoms with E-state index in [0.29, 0.717) is 17.2 Å². The number of alkyl halides is 2. The summed E-state index contributed by atoms with van der Waals surface area (Å²) in [6, 6.07) is 3.02. The van der Waals surface area contributed by atoms with Crippen molar-refractivity contribution in [2.75, 3.05) is 44.5 Å². The molecule has 0 aliphatic rings. The van der Waals surface area contributed by atoms with Gasteiger partial charge in [-0.2, -0.15) is 0 Å². The Bertz CT molecular complexity index is 416. The molecule has 0 spiro atoms. The van der Waals surface area contributed by atoms with Crippen LogP contribution in [0.5, 0.6) is 11.5 Å². The molecule has 1 aromatic rings. The van der Waals surface area contributed by atoms with Crippen LogP contribution in [-0.4, -0.2) is 45.4 Å². The van der Waals surface area contributed by atoms with Crippen molar-refractivity contribution in [3.8, 4) is 11.5 Å². The Hall–Kier alpha value is -1.76. The van der Waals surface area contributed by atoms with Crippen LogP contribution in [-0.2, 0) is 0 Å². The molecule has 0 unspecified atom stereocenters. The fraction of sp³-hybridized carbons (Fsp3) is 0.500. The van der Waals surface area contributed by atoms with Crippen LogP contribution >= 0.6 is 0 Å². The maximum atomic E-state index is 12.5. The van der Waals surface area contributed by atoms with Gasteiger partial charge in [-0.05, 0) is 0 Å². The van der Waals surface area contributed by atoms with Crippen molar-refractivity contribution in [3.05, 3.63) is 12.1 Å². The second-order valence-corrected chi connectivity index (χ2v) is 3.83. The van der Waals surface area contributed by atoms with Gasteiger partial charge in [0.1, 0.15) is 0 Å². The van der Waals surface area contributed by atoms with Crippen molar-refractivity contribution < 1.29 is 23.4 Å². The van der Waals surface area contributed by atoms with Gasteiger partial charge in [0.05, 0.1) is 38.7 Å². The lowest BCUT2D eigenvalue weighted by Crippen LogP contribution is -2.32. The highest BCUT2D eigenvalue weighted by Gasteiger charge is 2.17. The summed E-state index contributed by atoms with van der Waals surface area (Å²) in [6.45, 7) is -0.704. The summed E-state index contributed by atoms with van der Waals surface area (Å²) in [7, 11) is 2.91. The Morgan fingerprint density at radius 1 is 1.26 bits per heavy atom. The molecule has 1 rings (SSSR count). The molecule has 0 aromatic heterocycles. The highest BCUT2D eigenvalue weighted by Crippen LogP contribution is 2.36. The van der Waals surface area contributed by atoms with Crippen LogP contribution in [0, 0.1) is 0 Å². The van der Waals surface area contributed by atoms with Crippen molar-refractivity contribution in [2.45, 2.75) is 6.43 Å². The Morgan fingerprint density at radius 2 is 1.84 bits per heavy atom. The number of aliphatic hydroxyl groups excluding tert-OH is 1. The number of nitrogens with zero attached hydrogens (tertiary/aromatic N) is 1. The van der Waals surface area contributed by atoms with Gasteiger partial charge in [-0.3, -0.25) is 0 Å². The number of benzene rings is 1. The number of nitrogen functional groups attached to an aromatic ring is 1. The zero-order valence-corrected chi connectivity index (χ0v) is 10.9. The predicted octanol–water partition coefficient (Wildman–Crippen LogP) is 1.35. The Balaban J connectivity index is 3.14. The molecular formula is C12H18F2N2O3. The lowest BCUT2D eigenvalue weighted by atomic mass is 10.2. The molecule has 3 N–H and O–H groups in total. The summed E-state index contributed by atoms with van der Waals surface area (Å²) in [5, 5.41) is 8.95. The van der Waals surface area contributed by atoms with Crippen molar-refractivity contribution in [1.29, 1.82) is 0 Å². The average Bonchev–Trinajstić information content (AvgIpc) is 2.37. The molecule has 0 fully saturated rings. The van der Waals surface area contributed by atoms with Crippen molar-refractivity contribution in [2.24, 2.45) is 0 Å². The first-order valence-electron chi connectivity index (χ1n) is 5.69. The number of halogens is 2. The Labute approximate surface area is 110 Å². The standard InChI is InChI=1S/C12H18F2N2O3/c1-18-10-5-8(15)9(6-11(10)19-2)16(3-4-17)7-12(13)14/h5-6,12,17H,3-4,7,15H2,1-2H3. The van der Waals surface area contributed by atoms with E-state index in [2.05, 4.69) is 0 Å². The monoisotopic (exact) mass is 276 g/mol. The molecule has 0 aliphatic heterocycles. The third-order valence-electron chi connectivity index (χ3n) is 2.60. The van der Waals surface area contributed by atoms with Crippen molar-refractivity contribution in [3.63, 3.8) is 0 Å². The lowest BCUT2D eigenvalue weighted by molar-refractivity contribution is 0.153. The van der Waals surface area contributed by atoms with Gasteiger partial charge in [-0.1, -0.05) is 0 Å². The van der Waals surface area contributed by atoms with E-state index in [-0.39, 0.29) is 18.8 Å². The zero-order valence-electron chi connectivity index (χ0n) is 10.9. The number of hydrogen-bond donors (Lipinski definition) is 2. The number of hydrogen-bond acceptors (Lipinski definition) is 5. The molecular weight excluding hydrogens is 258 g/mol. The Morgan fingerprint density at radius 3 is 2.32 bits per heavy atom. The van der Waals surface area contributed by atoms with Crippen LogP contribution in [0.15, 0.2) is 12.1 Å². The van der Waals surface area contributed by atoms with Crippen LogP contribution in [0.3, 0.4) is 0 Å². The van der Waals surface area contributed by atoms with Gasteiger partial charge in [-0.15, -0.1) is 0 Å². The fourth-order valence-electron chi connectivity index (χ4n) is 1.76. The summed E-state index contributed by atoms with van der Waals surface area (Å²) in [5.41, 5.74) is 6.49. The number of ether oxygens (including phenoxy) is 2. The summed E-state index contributed by atoms with van der Waals surface area (Å²) < 4.78 is 35.2. The largest absolute Gasteiger partial charge is 0.493 e. The SMILES string of the molecule is COc1cc(N)c(N(CCO)CC(F)F)cc1OC. The zero-order chi connectivity index (χ0) is 14.4. The third kappa shape index (κ3) is 3.85. The highest BCUT2D eigenvalue weighted by molar-refractivity contribution is 5.73. The number of methoxy groups -OCH3 is 2. The van der Waals surface area contributed by atoms with Crippen LogP contribution < -0.4 is 20.1 Å². The molecule has 0 radical (unpaired) electrons. The number of anilines is 2. The van der Waals surface area contributed by atoms with Gasteiger partial charge in [0, 0.05) is 18.7 Å². The maximum absolute atomic E-state index is 12.5. The van der Waals surface area contributed by atoms with Crippen LogP contribution in [0.1, 0.15) is 0 Å². The molecule has 1 aromatic carbocycles. The predicted molar refractivity (Wildman–Crippen MR) is 69.3 cm³/mol. The fourth-order valence-corrected chi connectivity index (χ4v) is 1.76. The Kier molecular flexibility index (Phi) is 5.62. The lowest BCUT2D eigenvalue weighted by Gasteiger charge is -2.26. The summed E-state index contributed by atoms with van der Waals surface area (Å²) >= 11 is 0. The summed E-state index contributed by atoms with van der Waals surface area (Å²) in [4.78, 5) is 1.31.